The Hall–Kier alpha value is -3.63. The van der Waals surface area contributed by atoms with Gasteiger partial charge < -0.3 is 44.5 Å². The number of piperidine rings is 1. The smallest absolute Gasteiger partial charge is 0.410 e. The van der Waals surface area contributed by atoms with Crippen molar-refractivity contribution in [2.75, 3.05) is 77.8 Å². The molecule has 1 saturated heterocycles. The van der Waals surface area contributed by atoms with Crippen LogP contribution in [-0.2, 0) is 44.6 Å². The van der Waals surface area contributed by atoms with Crippen molar-refractivity contribution in [3.63, 3.8) is 0 Å². The molecule has 0 aliphatic carbocycles. The molecule has 15 nitrogen and oxygen atoms in total. The second-order valence-corrected chi connectivity index (χ2v) is 11.4. The van der Waals surface area contributed by atoms with E-state index in [2.05, 4.69) is 10.6 Å². The van der Waals surface area contributed by atoms with Gasteiger partial charge in [-0.05, 0) is 39.3 Å². The van der Waals surface area contributed by atoms with Gasteiger partial charge in [0.05, 0.1) is 46.2 Å². The van der Waals surface area contributed by atoms with Crippen molar-refractivity contribution < 1.29 is 47.7 Å². The predicted molar refractivity (Wildman–Crippen MR) is 161 cm³/mol. The number of imide groups is 1. The first kappa shape index (κ1) is 35.8. The molecule has 1 aromatic carbocycles. The van der Waals surface area contributed by atoms with Crippen LogP contribution in [0.2, 0.25) is 0 Å². The topological polar surface area (TPSA) is 188 Å². The lowest BCUT2D eigenvalue weighted by atomic mass is 10.0. The van der Waals surface area contributed by atoms with Crippen molar-refractivity contribution in [1.29, 1.82) is 0 Å². The number of carbonyl (C=O) groups excluding carboxylic acids is 5. The van der Waals surface area contributed by atoms with E-state index in [0.717, 1.165) is 0 Å². The van der Waals surface area contributed by atoms with Crippen molar-refractivity contribution in [3.8, 4) is 0 Å². The van der Waals surface area contributed by atoms with E-state index >= 15 is 0 Å². The van der Waals surface area contributed by atoms with Crippen LogP contribution in [0.5, 0.6) is 0 Å². The van der Waals surface area contributed by atoms with Crippen LogP contribution in [0, 0.1) is 0 Å². The number of nitrogens with zero attached hydrogens (tertiary/aromatic N) is 2. The number of anilines is 1. The van der Waals surface area contributed by atoms with Crippen LogP contribution >= 0.6 is 0 Å². The van der Waals surface area contributed by atoms with Gasteiger partial charge in [-0.1, -0.05) is 6.07 Å². The molecule has 250 valence electrons. The van der Waals surface area contributed by atoms with Crippen LogP contribution in [0.4, 0.5) is 10.5 Å². The number of ether oxygens (including phenoxy) is 5. The Bertz CT molecular complexity index is 1190. The summed E-state index contributed by atoms with van der Waals surface area (Å²) in [7, 11) is 0. The Kier molecular flexibility index (Phi) is 14.1. The lowest BCUT2D eigenvalue weighted by Crippen LogP contribution is -2.52. The highest BCUT2D eigenvalue weighted by molar-refractivity contribution is 6.06. The predicted octanol–water partition coefficient (Wildman–Crippen LogP) is 0.648. The molecule has 0 radical (unpaired) electrons. The number of carbonyl (C=O) groups is 5. The molecule has 1 unspecified atom stereocenters. The number of amides is 5. The fraction of sp³-hybridized carbons (Fsp3) is 0.633. The quantitative estimate of drug-likeness (QED) is 0.152. The lowest BCUT2D eigenvalue weighted by molar-refractivity contribution is -0.137. The van der Waals surface area contributed by atoms with Gasteiger partial charge in [-0.15, -0.1) is 0 Å². The molecule has 1 atom stereocenters. The van der Waals surface area contributed by atoms with Crippen LogP contribution in [0.25, 0.3) is 0 Å². The monoisotopic (exact) mass is 635 g/mol. The number of nitrogens with two attached hydrogens (primary N) is 1. The molecule has 15 heteroatoms. The van der Waals surface area contributed by atoms with Crippen LogP contribution in [0.3, 0.4) is 0 Å². The van der Waals surface area contributed by atoms with E-state index in [-0.39, 0.29) is 57.6 Å². The Morgan fingerprint density at radius 3 is 2.27 bits per heavy atom. The number of hydrogen-bond acceptors (Lipinski definition) is 11. The summed E-state index contributed by atoms with van der Waals surface area (Å²) in [4.78, 5) is 64.6. The van der Waals surface area contributed by atoms with E-state index in [1.54, 1.807) is 39.0 Å². The summed E-state index contributed by atoms with van der Waals surface area (Å²) >= 11 is 0. The van der Waals surface area contributed by atoms with E-state index < -0.39 is 29.6 Å². The summed E-state index contributed by atoms with van der Waals surface area (Å²) < 4.78 is 27.3. The largest absolute Gasteiger partial charge is 0.444 e. The van der Waals surface area contributed by atoms with Crippen molar-refractivity contribution in [1.82, 2.24) is 15.1 Å². The number of rotatable bonds is 18. The van der Waals surface area contributed by atoms with Crippen LogP contribution in [0.1, 0.15) is 49.5 Å². The SMILES string of the molecule is CC(C)(C)OC(=O)N(CCOCCN)CCOCCOCCOCC(=O)Nc1cccc2c1CN(C1CCC(=O)NC1=O)C2=O. The van der Waals surface area contributed by atoms with Gasteiger partial charge in [-0.25, -0.2) is 4.79 Å². The Morgan fingerprint density at radius 2 is 1.62 bits per heavy atom. The lowest BCUT2D eigenvalue weighted by Gasteiger charge is -2.29. The summed E-state index contributed by atoms with van der Waals surface area (Å²) in [6.45, 7) is 8.49. The average Bonchev–Trinajstić information content (AvgIpc) is 3.31. The van der Waals surface area contributed by atoms with Gasteiger partial charge in [0.1, 0.15) is 18.2 Å². The molecule has 3 rings (SSSR count). The summed E-state index contributed by atoms with van der Waals surface area (Å²) in [5, 5.41) is 5.04. The van der Waals surface area contributed by atoms with Gasteiger partial charge >= 0.3 is 6.09 Å². The molecular weight excluding hydrogens is 590 g/mol. The molecule has 1 aromatic rings. The zero-order valence-corrected chi connectivity index (χ0v) is 26.3. The fourth-order valence-corrected chi connectivity index (χ4v) is 4.65. The van der Waals surface area contributed by atoms with Gasteiger partial charge in [0.25, 0.3) is 5.91 Å². The van der Waals surface area contributed by atoms with Crippen LogP contribution in [-0.4, -0.2) is 124 Å². The molecule has 1 fully saturated rings. The number of benzene rings is 1. The summed E-state index contributed by atoms with van der Waals surface area (Å²) in [6, 6.07) is 4.25. The third-order valence-corrected chi connectivity index (χ3v) is 6.76. The maximum atomic E-state index is 12.9. The van der Waals surface area contributed by atoms with E-state index in [4.69, 9.17) is 29.4 Å². The number of fused-ring (bicyclic) bond motifs is 1. The minimum atomic E-state index is -0.738. The molecule has 4 N–H and O–H groups in total. The zero-order valence-electron chi connectivity index (χ0n) is 26.3. The number of nitrogens with one attached hydrogen (secondary N) is 2. The van der Waals surface area contributed by atoms with Crippen LogP contribution in [0.15, 0.2) is 18.2 Å². The van der Waals surface area contributed by atoms with Gasteiger partial charge in [-0.3, -0.25) is 24.5 Å². The van der Waals surface area contributed by atoms with Gasteiger partial charge in [0.15, 0.2) is 0 Å². The zero-order chi connectivity index (χ0) is 32.8. The molecule has 0 spiro atoms. The first-order valence-corrected chi connectivity index (χ1v) is 15.1. The van der Waals surface area contributed by atoms with E-state index in [0.29, 0.717) is 62.9 Å². The first-order valence-electron chi connectivity index (χ1n) is 15.1. The van der Waals surface area contributed by atoms with Gasteiger partial charge in [0, 0.05) is 49.4 Å². The molecule has 2 heterocycles. The van der Waals surface area contributed by atoms with E-state index in [1.165, 1.54) is 9.80 Å². The van der Waals surface area contributed by atoms with Gasteiger partial charge in [-0.2, -0.15) is 0 Å². The standard InChI is InChI=1S/C30H45N5O10/c1-30(2,3)45-29(40)34(10-13-41-12-9-31)11-14-42-15-16-43-17-18-44-20-26(37)32-23-6-4-5-21-22(23)19-35(28(21)39)24-7-8-25(36)33-27(24)38/h4-6,24H,7-20,31H2,1-3H3,(H,32,37)(H,33,36,38). The Balaban J connectivity index is 1.30. The van der Waals surface area contributed by atoms with Crippen LogP contribution < -0.4 is 16.4 Å². The summed E-state index contributed by atoms with van der Waals surface area (Å²) in [5.41, 5.74) is 6.29. The van der Waals surface area contributed by atoms with Gasteiger partial charge in [0.2, 0.25) is 17.7 Å². The highest BCUT2D eigenvalue weighted by Gasteiger charge is 2.40. The van der Waals surface area contributed by atoms with E-state index in [1.807, 2.05) is 0 Å². The maximum absolute atomic E-state index is 12.9. The third-order valence-electron chi connectivity index (χ3n) is 6.76. The molecular formula is C30H45N5O10. The van der Waals surface area contributed by atoms with Crippen molar-refractivity contribution in [3.05, 3.63) is 29.3 Å². The minimum absolute atomic E-state index is 0.149. The molecule has 0 saturated carbocycles. The Morgan fingerprint density at radius 1 is 0.978 bits per heavy atom. The molecule has 5 amide bonds. The molecule has 2 aliphatic heterocycles. The van der Waals surface area contributed by atoms with E-state index in [9.17, 15) is 24.0 Å². The summed E-state index contributed by atoms with van der Waals surface area (Å²) in [5.74, 6) is -1.57. The highest BCUT2D eigenvalue weighted by Crippen LogP contribution is 2.32. The molecule has 45 heavy (non-hydrogen) atoms. The minimum Gasteiger partial charge on any atom is -0.444 e. The third kappa shape index (κ3) is 11.7. The van der Waals surface area contributed by atoms with Crippen molar-refractivity contribution >= 4 is 35.4 Å². The molecule has 0 aromatic heterocycles. The molecule has 2 aliphatic rings. The maximum Gasteiger partial charge on any atom is 0.410 e. The normalized spacial score (nSPS) is 16.4. The van der Waals surface area contributed by atoms with Crippen molar-refractivity contribution in [2.45, 2.75) is 51.8 Å². The molecule has 0 bridgehead atoms. The fourth-order valence-electron chi connectivity index (χ4n) is 4.65. The highest BCUT2D eigenvalue weighted by atomic mass is 16.6. The first-order chi connectivity index (χ1) is 21.5. The number of hydrogen-bond donors (Lipinski definition) is 3. The summed E-state index contributed by atoms with van der Waals surface area (Å²) in [6.07, 6.45) is -0.0266. The second-order valence-electron chi connectivity index (χ2n) is 11.4. The Labute approximate surface area is 263 Å². The average molecular weight is 636 g/mol. The second kappa shape index (κ2) is 17.8. The van der Waals surface area contributed by atoms with Crippen molar-refractivity contribution in [2.24, 2.45) is 5.73 Å².